The Balaban J connectivity index is 1.95. The summed E-state index contributed by atoms with van der Waals surface area (Å²) >= 11 is 0. The molecule has 2 rings (SSSR count). The van der Waals surface area contributed by atoms with Gasteiger partial charge in [-0.2, -0.15) is 0 Å². The van der Waals surface area contributed by atoms with Gasteiger partial charge in [-0.15, -0.1) is 0 Å². The number of nitrogens with zero attached hydrogens (tertiary/aromatic N) is 3. The minimum atomic E-state index is 0.284. The van der Waals surface area contributed by atoms with Gasteiger partial charge < -0.3 is 10.1 Å². The van der Waals surface area contributed by atoms with Gasteiger partial charge in [-0.05, 0) is 0 Å². The molecule has 2 heterocycles. The number of aryl methyl sites for hydroxylation is 1. The normalized spacial score (nSPS) is 17.9. The molecular formula is C6H10N4O. The van der Waals surface area contributed by atoms with Crippen LogP contribution in [0.25, 0.3) is 0 Å². The van der Waals surface area contributed by atoms with Crippen molar-refractivity contribution in [1.82, 2.24) is 20.3 Å². The van der Waals surface area contributed by atoms with E-state index in [1.807, 2.05) is 7.05 Å². The summed E-state index contributed by atoms with van der Waals surface area (Å²) in [4.78, 5) is 0. The zero-order valence-corrected chi connectivity index (χ0v) is 6.32. The van der Waals surface area contributed by atoms with Gasteiger partial charge in [-0.1, -0.05) is 10.3 Å². The summed E-state index contributed by atoms with van der Waals surface area (Å²) in [5.41, 5.74) is 0. The molecule has 1 fully saturated rings. The average molecular weight is 154 g/mol. The molecule has 1 aliphatic heterocycles. The predicted octanol–water partition coefficient (Wildman–Crippen LogP) is -0.834. The van der Waals surface area contributed by atoms with Crippen molar-refractivity contribution in [2.75, 3.05) is 13.1 Å². The summed E-state index contributed by atoms with van der Waals surface area (Å²) in [6.07, 6.45) is 2.05. The maximum atomic E-state index is 5.41. The highest BCUT2D eigenvalue weighted by atomic mass is 16.5. The number of hydrogen-bond donors (Lipinski definition) is 1. The first-order valence-corrected chi connectivity index (χ1v) is 3.58. The van der Waals surface area contributed by atoms with Gasteiger partial charge in [0, 0.05) is 20.1 Å². The van der Waals surface area contributed by atoms with Crippen LogP contribution in [0, 0.1) is 0 Å². The van der Waals surface area contributed by atoms with E-state index in [1.165, 1.54) is 0 Å². The van der Waals surface area contributed by atoms with Crippen molar-refractivity contribution in [3.05, 3.63) is 6.20 Å². The van der Waals surface area contributed by atoms with Crippen LogP contribution >= 0.6 is 0 Å². The quantitative estimate of drug-likeness (QED) is 0.604. The zero-order valence-electron chi connectivity index (χ0n) is 6.32. The number of nitrogens with one attached hydrogen (secondary N) is 1. The highest BCUT2D eigenvalue weighted by molar-refractivity contribution is 5.01. The van der Waals surface area contributed by atoms with Gasteiger partial charge in [0.15, 0.2) is 0 Å². The fraction of sp³-hybridized carbons (Fsp3) is 0.667. The minimum Gasteiger partial charge on any atom is -0.469 e. The lowest BCUT2D eigenvalue weighted by molar-refractivity contribution is 0.136. The van der Waals surface area contributed by atoms with E-state index < -0.39 is 0 Å². The highest BCUT2D eigenvalue weighted by Gasteiger charge is 2.19. The summed E-state index contributed by atoms with van der Waals surface area (Å²) in [6, 6.07) is 0. The second-order valence-corrected chi connectivity index (χ2v) is 2.63. The van der Waals surface area contributed by atoms with Crippen molar-refractivity contribution in [3.63, 3.8) is 0 Å². The molecule has 1 aromatic rings. The van der Waals surface area contributed by atoms with E-state index in [0.717, 1.165) is 13.1 Å². The number of ether oxygens (including phenoxy) is 1. The molecule has 1 N–H and O–H groups in total. The lowest BCUT2D eigenvalue weighted by Crippen LogP contribution is -2.50. The SMILES string of the molecule is Cn1cc(OC2CNC2)nn1. The molecule has 11 heavy (non-hydrogen) atoms. The Morgan fingerprint density at radius 2 is 2.55 bits per heavy atom. The Labute approximate surface area is 64.3 Å². The topological polar surface area (TPSA) is 52.0 Å². The third-order valence-corrected chi connectivity index (χ3v) is 1.61. The molecule has 0 unspecified atom stereocenters. The maximum Gasteiger partial charge on any atom is 0.253 e. The summed E-state index contributed by atoms with van der Waals surface area (Å²) in [7, 11) is 1.82. The minimum absolute atomic E-state index is 0.284. The van der Waals surface area contributed by atoms with Gasteiger partial charge in [-0.3, -0.25) is 4.68 Å². The molecule has 0 aliphatic carbocycles. The molecule has 0 radical (unpaired) electrons. The molecule has 60 valence electrons. The monoisotopic (exact) mass is 154 g/mol. The Kier molecular flexibility index (Phi) is 1.50. The molecule has 0 atom stereocenters. The first kappa shape index (κ1) is 6.60. The summed E-state index contributed by atoms with van der Waals surface area (Å²) in [6.45, 7) is 1.83. The van der Waals surface area contributed by atoms with E-state index in [2.05, 4.69) is 15.6 Å². The van der Waals surface area contributed by atoms with Crippen molar-refractivity contribution in [2.45, 2.75) is 6.10 Å². The van der Waals surface area contributed by atoms with Crippen LogP contribution in [0.5, 0.6) is 5.88 Å². The molecular weight excluding hydrogens is 144 g/mol. The van der Waals surface area contributed by atoms with Crippen molar-refractivity contribution in [3.8, 4) is 5.88 Å². The molecule has 0 aromatic carbocycles. The molecule has 0 amide bonds. The van der Waals surface area contributed by atoms with Crippen LogP contribution in [0.15, 0.2) is 6.20 Å². The Morgan fingerprint density at radius 1 is 1.73 bits per heavy atom. The Bertz CT molecular complexity index is 242. The van der Waals surface area contributed by atoms with Crippen LogP contribution in [0.1, 0.15) is 0 Å². The third-order valence-electron chi connectivity index (χ3n) is 1.61. The molecule has 5 heteroatoms. The smallest absolute Gasteiger partial charge is 0.253 e. The van der Waals surface area contributed by atoms with Crippen LogP contribution in [0.4, 0.5) is 0 Å². The first-order chi connectivity index (χ1) is 5.34. The van der Waals surface area contributed by atoms with Crippen LogP contribution in [0.3, 0.4) is 0 Å². The molecule has 1 aromatic heterocycles. The lowest BCUT2D eigenvalue weighted by atomic mass is 10.2. The number of aromatic nitrogens is 3. The predicted molar refractivity (Wildman–Crippen MR) is 38.3 cm³/mol. The first-order valence-electron chi connectivity index (χ1n) is 3.58. The summed E-state index contributed by atoms with van der Waals surface area (Å²) < 4.78 is 7.04. The van der Waals surface area contributed by atoms with Gasteiger partial charge in [0.05, 0.1) is 6.20 Å². The standard InChI is InChI=1S/C6H10N4O/c1-10-4-6(8-9-10)11-5-2-7-3-5/h4-5,7H,2-3H2,1H3. The van der Waals surface area contributed by atoms with E-state index in [1.54, 1.807) is 10.9 Å². The number of hydrogen-bond acceptors (Lipinski definition) is 4. The van der Waals surface area contributed by atoms with Crippen LogP contribution in [0.2, 0.25) is 0 Å². The van der Waals surface area contributed by atoms with Crippen molar-refractivity contribution in [1.29, 1.82) is 0 Å². The van der Waals surface area contributed by atoms with Gasteiger partial charge in [0.2, 0.25) is 0 Å². The Hall–Kier alpha value is -1.10. The fourth-order valence-electron chi connectivity index (χ4n) is 0.896. The van der Waals surface area contributed by atoms with Gasteiger partial charge >= 0.3 is 0 Å². The van der Waals surface area contributed by atoms with Crippen LogP contribution in [-0.4, -0.2) is 34.2 Å². The number of rotatable bonds is 2. The maximum absolute atomic E-state index is 5.41. The summed E-state index contributed by atoms with van der Waals surface area (Å²) in [5.74, 6) is 0.610. The van der Waals surface area contributed by atoms with Crippen LogP contribution in [-0.2, 0) is 7.05 Å². The second-order valence-electron chi connectivity index (χ2n) is 2.63. The Morgan fingerprint density at radius 3 is 3.00 bits per heavy atom. The average Bonchev–Trinajstić information content (AvgIpc) is 2.27. The van der Waals surface area contributed by atoms with E-state index in [-0.39, 0.29) is 6.10 Å². The van der Waals surface area contributed by atoms with Crippen molar-refractivity contribution in [2.24, 2.45) is 7.05 Å². The largest absolute Gasteiger partial charge is 0.469 e. The van der Waals surface area contributed by atoms with E-state index in [0.29, 0.717) is 5.88 Å². The van der Waals surface area contributed by atoms with Crippen molar-refractivity contribution < 1.29 is 4.74 Å². The van der Waals surface area contributed by atoms with Gasteiger partial charge in [0.1, 0.15) is 6.10 Å². The zero-order chi connectivity index (χ0) is 7.68. The molecule has 0 spiro atoms. The van der Waals surface area contributed by atoms with Crippen LogP contribution < -0.4 is 10.1 Å². The highest BCUT2D eigenvalue weighted by Crippen LogP contribution is 2.07. The molecule has 5 nitrogen and oxygen atoms in total. The lowest BCUT2D eigenvalue weighted by Gasteiger charge is -2.26. The fourth-order valence-corrected chi connectivity index (χ4v) is 0.896. The third kappa shape index (κ3) is 1.32. The second kappa shape index (κ2) is 2.50. The molecule has 1 aliphatic rings. The van der Waals surface area contributed by atoms with E-state index in [9.17, 15) is 0 Å². The molecule has 1 saturated heterocycles. The molecule has 0 bridgehead atoms. The molecule has 0 saturated carbocycles. The van der Waals surface area contributed by atoms with E-state index >= 15 is 0 Å². The van der Waals surface area contributed by atoms with Crippen molar-refractivity contribution >= 4 is 0 Å². The van der Waals surface area contributed by atoms with Gasteiger partial charge in [0.25, 0.3) is 5.88 Å². The van der Waals surface area contributed by atoms with E-state index in [4.69, 9.17) is 4.74 Å². The van der Waals surface area contributed by atoms with Gasteiger partial charge in [-0.25, -0.2) is 0 Å². The summed E-state index contributed by atoms with van der Waals surface area (Å²) in [5, 5.41) is 10.7.